The van der Waals surface area contributed by atoms with Crippen molar-refractivity contribution in [3.05, 3.63) is 0 Å². The summed E-state index contributed by atoms with van der Waals surface area (Å²) in [4.78, 5) is 35.6. The number of hydrogen-bond donors (Lipinski definition) is 5. The molecule has 0 aromatic carbocycles. The van der Waals surface area contributed by atoms with Crippen LogP contribution in [0.4, 0.5) is 0 Å². The lowest BCUT2D eigenvalue weighted by molar-refractivity contribution is -0.212. The van der Waals surface area contributed by atoms with Gasteiger partial charge in [0.25, 0.3) is 0 Å². The molecule has 0 aromatic heterocycles. The molecule has 4 atom stereocenters. The summed E-state index contributed by atoms with van der Waals surface area (Å²) in [5, 5.41) is 2.40. The fraction of sp³-hybridized carbons (Fsp3) is 1.00. The van der Waals surface area contributed by atoms with Crippen LogP contribution >= 0.6 is 17.1 Å². The van der Waals surface area contributed by atoms with Crippen LogP contribution in [0.2, 0.25) is 0 Å². The predicted octanol–water partition coefficient (Wildman–Crippen LogP) is -0.739. The Labute approximate surface area is 112 Å². The Morgan fingerprint density at radius 1 is 1.21 bits per heavy atom. The Kier molecular flexibility index (Phi) is 5.09. The van der Waals surface area contributed by atoms with Gasteiger partial charge in [0.2, 0.25) is 8.53 Å². The summed E-state index contributed by atoms with van der Waals surface area (Å²) in [7, 11) is -4.86. The van der Waals surface area contributed by atoms with Crippen LogP contribution in [0.3, 0.4) is 0 Å². The van der Waals surface area contributed by atoms with E-state index in [0.717, 1.165) is 0 Å². The van der Waals surface area contributed by atoms with Gasteiger partial charge in [-0.3, -0.25) is 0 Å². The Morgan fingerprint density at radius 3 is 2.47 bits per heavy atom. The van der Waals surface area contributed by atoms with Crippen LogP contribution < -0.4 is 5.09 Å². The number of nitrogens with one attached hydrogen (secondary N) is 1. The van der Waals surface area contributed by atoms with Crippen molar-refractivity contribution >= 4 is 17.1 Å². The van der Waals surface area contributed by atoms with Gasteiger partial charge in [-0.2, -0.15) is 0 Å². The van der Waals surface area contributed by atoms with E-state index < -0.39 is 47.5 Å². The van der Waals surface area contributed by atoms with Gasteiger partial charge in [0.1, 0.15) is 18.3 Å². The summed E-state index contributed by atoms with van der Waals surface area (Å²) in [5.74, 6) is -0.844. The van der Waals surface area contributed by atoms with Crippen molar-refractivity contribution in [2.24, 2.45) is 0 Å². The quantitative estimate of drug-likeness (QED) is 0.416. The standard InChI is InChI=1S/C8H17NO8P2/c1-8(2)15-6-5(17-19(12)13)4(3-9-18(10)11)14-7(6)16-8/h4-7,9-13H,3H2,1-2H3/t4-,5?,6?,7-/m1/s1. The van der Waals surface area contributed by atoms with Gasteiger partial charge < -0.3 is 38.3 Å². The average Bonchev–Trinajstić information content (AvgIpc) is 2.69. The molecule has 0 aliphatic carbocycles. The summed E-state index contributed by atoms with van der Waals surface area (Å²) < 4.78 is 21.6. The van der Waals surface area contributed by atoms with E-state index >= 15 is 0 Å². The minimum atomic E-state index is -2.58. The smallest absolute Gasteiger partial charge is 0.327 e. The van der Waals surface area contributed by atoms with Crippen LogP contribution in [-0.2, 0) is 18.7 Å². The zero-order valence-electron chi connectivity index (χ0n) is 10.3. The van der Waals surface area contributed by atoms with E-state index in [9.17, 15) is 0 Å². The molecule has 0 bridgehead atoms. The zero-order chi connectivity index (χ0) is 14.2. The van der Waals surface area contributed by atoms with Gasteiger partial charge in [0.05, 0.1) is 0 Å². The highest BCUT2D eigenvalue weighted by Gasteiger charge is 2.56. The van der Waals surface area contributed by atoms with Crippen LogP contribution in [0, 0.1) is 0 Å². The second kappa shape index (κ2) is 6.09. The Morgan fingerprint density at radius 2 is 1.89 bits per heavy atom. The molecule has 112 valence electrons. The highest BCUT2D eigenvalue weighted by atomic mass is 31.2. The molecule has 0 radical (unpaired) electrons. The zero-order valence-corrected chi connectivity index (χ0v) is 12.1. The van der Waals surface area contributed by atoms with E-state index in [4.69, 9.17) is 38.3 Å². The second-order valence-electron chi connectivity index (χ2n) is 4.62. The minimum absolute atomic E-state index is 0.0622. The molecule has 0 spiro atoms. The maximum Gasteiger partial charge on any atom is 0.327 e. The van der Waals surface area contributed by atoms with Crippen molar-refractivity contribution in [1.82, 2.24) is 5.09 Å². The summed E-state index contributed by atoms with van der Waals surface area (Å²) in [6, 6.07) is 0. The maximum absolute atomic E-state index is 8.99. The van der Waals surface area contributed by atoms with Gasteiger partial charge in [-0.1, -0.05) is 0 Å². The molecule has 5 N–H and O–H groups in total. The van der Waals surface area contributed by atoms with Gasteiger partial charge >= 0.3 is 8.60 Å². The van der Waals surface area contributed by atoms with Crippen molar-refractivity contribution < 1.29 is 38.3 Å². The largest absolute Gasteiger partial charge is 0.342 e. The van der Waals surface area contributed by atoms with E-state index in [2.05, 4.69) is 5.09 Å². The van der Waals surface area contributed by atoms with Gasteiger partial charge in [-0.15, -0.1) is 0 Å². The van der Waals surface area contributed by atoms with Crippen molar-refractivity contribution in [3.63, 3.8) is 0 Å². The number of rotatable bonds is 5. The van der Waals surface area contributed by atoms with Crippen molar-refractivity contribution in [2.75, 3.05) is 6.54 Å². The second-order valence-corrected chi connectivity index (χ2v) is 6.23. The van der Waals surface area contributed by atoms with Crippen LogP contribution in [-0.4, -0.2) is 56.5 Å². The third-order valence-corrected chi connectivity index (χ3v) is 3.63. The monoisotopic (exact) mass is 317 g/mol. The molecule has 19 heavy (non-hydrogen) atoms. The number of ether oxygens (including phenoxy) is 3. The van der Waals surface area contributed by atoms with E-state index in [-0.39, 0.29) is 6.54 Å². The van der Waals surface area contributed by atoms with Crippen molar-refractivity contribution in [3.8, 4) is 0 Å². The van der Waals surface area contributed by atoms with E-state index in [1.54, 1.807) is 13.8 Å². The van der Waals surface area contributed by atoms with Crippen LogP contribution in [0.1, 0.15) is 13.8 Å². The molecule has 2 unspecified atom stereocenters. The van der Waals surface area contributed by atoms with Gasteiger partial charge in [-0.25, -0.2) is 5.09 Å². The molecule has 2 heterocycles. The molecule has 2 saturated heterocycles. The van der Waals surface area contributed by atoms with Crippen molar-refractivity contribution in [2.45, 2.75) is 44.2 Å². The first kappa shape index (κ1) is 15.9. The molecule has 0 saturated carbocycles. The summed E-state index contributed by atoms with van der Waals surface area (Å²) >= 11 is 0. The van der Waals surface area contributed by atoms with Gasteiger partial charge in [0, 0.05) is 6.54 Å². The SMILES string of the molecule is CC1(C)OC2C(OP(O)O)[C@@H](CNP(O)O)O[C@@H]2O1. The fourth-order valence-corrected chi connectivity index (χ4v) is 2.94. The van der Waals surface area contributed by atoms with Gasteiger partial charge in [-0.05, 0) is 13.8 Å². The summed E-state index contributed by atoms with van der Waals surface area (Å²) in [6.07, 6.45) is -2.70. The molecule has 2 aliphatic heterocycles. The van der Waals surface area contributed by atoms with E-state index in [1.807, 2.05) is 0 Å². The molecule has 11 heteroatoms. The number of hydrogen-bond acceptors (Lipinski definition) is 9. The molecule has 0 amide bonds. The average molecular weight is 317 g/mol. The molecular weight excluding hydrogens is 300 g/mol. The molecule has 2 rings (SSSR count). The Hall–Kier alpha value is 0.500. The number of fused-ring (bicyclic) bond motifs is 1. The van der Waals surface area contributed by atoms with Crippen LogP contribution in [0.15, 0.2) is 0 Å². The van der Waals surface area contributed by atoms with E-state index in [1.165, 1.54) is 0 Å². The first-order chi connectivity index (χ1) is 8.78. The third-order valence-electron chi connectivity index (χ3n) is 2.74. The molecule has 2 fully saturated rings. The Balaban J connectivity index is 2.01. The minimum Gasteiger partial charge on any atom is -0.342 e. The normalized spacial score (nSPS) is 37.3. The maximum atomic E-state index is 8.99. The van der Waals surface area contributed by atoms with Crippen LogP contribution in [0.25, 0.3) is 0 Å². The Bertz CT molecular complexity index is 317. The van der Waals surface area contributed by atoms with Crippen LogP contribution in [0.5, 0.6) is 0 Å². The third kappa shape index (κ3) is 4.00. The predicted molar refractivity (Wildman–Crippen MR) is 64.3 cm³/mol. The van der Waals surface area contributed by atoms with Crippen molar-refractivity contribution in [1.29, 1.82) is 0 Å². The van der Waals surface area contributed by atoms with Gasteiger partial charge in [0.15, 0.2) is 12.1 Å². The summed E-state index contributed by atoms with van der Waals surface area (Å²) in [6.45, 7) is 3.48. The lowest BCUT2D eigenvalue weighted by atomic mass is 10.1. The topological polar surface area (TPSA) is 130 Å². The van der Waals surface area contributed by atoms with E-state index in [0.29, 0.717) is 0 Å². The first-order valence-corrected chi connectivity index (χ1v) is 7.97. The molecular formula is C8H17NO8P2. The molecule has 2 aliphatic rings. The fourth-order valence-electron chi connectivity index (χ4n) is 2.12. The highest BCUT2D eigenvalue weighted by Crippen LogP contribution is 2.42. The lowest BCUT2D eigenvalue weighted by Crippen LogP contribution is -2.40. The lowest BCUT2D eigenvalue weighted by Gasteiger charge is -2.26. The summed E-state index contributed by atoms with van der Waals surface area (Å²) in [5.41, 5.74) is 0. The molecule has 0 aromatic rings. The first-order valence-electron chi connectivity index (χ1n) is 5.55. The molecule has 9 nitrogen and oxygen atoms in total. The highest BCUT2D eigenvalue weighted by molar-refractivity contribution is 7.42.